The molecular formula is C9H14N4O2. The SMILES string of the molecule is Cc1cncnc1OC(=O)NC(C)CN. The zero-order valence-corrected chi connectivity index (χ0v) is 8.73. The molecule has 0 saturated heterocycles. The maximum absolute atomic E-state index is 11.3. The lowest BCUT2D eigenvalue weighted by Crippen LogP contribution is -2.39. The largest absolute Gasteiger partial charge is 0.414 e. The van der Waals surface area contributed by atoms with E-state index in [-0.39, 0.29) is 11.9 Å². The topological polar surface area (TPSA) is 90.1 Å². The van der Waals surface area contributed by atoms with Gasteiger partial charge >= 0.3 is 6.09 Å². The van der Waals surface area contributed by atoms with Crippen molar-refractivity contribution in [2.24, 2.45) is 5.73 Å². The van der Waals surface area contributed by atoms with Gasteiger partial charge in [0.25, 0.3) is 0 Å². The van der Waals surface area contributed by atoms with Gasteiger partial charge in [-0.15, -0.1) is 0 Å². The van der Waals surface area contributed by atoms with E-state index in [1.807, 2.05) is 0 Å². The van der Waals surface area contributed by atoms with Gasteiger partial charge in [0.15, 0.2) is 0 Å². The Morgan fingerprint density at radius 3 is 3.07 bits per heavy atom. The van der Waals surface area contributed by atoms with Crippen molar-refractivity contribution in [3.63, 3.8) is 0 Å². The molecule has 0 radical (unpaired) electrons. The molecular weight excluding hydrogens is 196 g/mol. The Kier molecular flexibility index (Phi) is 3.99. The van der Waals surface area contributed by atoms with Crippen LogP contribution in [-0.2, 0) is 0 Å². The Bertz CT molecular complexity index is 343. The van der Waals surface area contributed by atoms with Crippen molar-refractivity contribution in [1.82, 2.24) is 15.3 Å². The first-order valence-corrected chi connectivity index (χ1v) is 4.58. The van der Waals surface area contributed by atoms with Gasteiger partial charge in [-0.2, -0.15) is 0 Å². The number of nitrogens with one attached hydrogen (secondary N) is 1. The fourth-order valence-electron chi connectivity index (χ4n) is 0.872. The molecule has 0 aromatic carbocycles. The minimum Gasteiger partial charge on any atom is -0.391 e. The van der Waals surface area contributed by atoms with Crippen molar-refractivity contribution in [3.8, 4) is 5.88 Å². The Balaban J connectivity index is 2.55. The molecule has 0 saturated carbocycles. The Labute approximate surface area is 87.9 Å². The van der Waals surface area contributed by atoms with Crippen LogP contribution in [0.5, 0.6) is 5.88 Å². The second-order valence-electron chi connectivity index (χ2n) is 3.18. The molecule has 6 nitrogen and oxygen atoms in total. The van der Waals surface area contributed by atoms with Gasteiger partial charge in [0.2, 0.25) is 5.88 Å². The van der Waals surface area contributed by atoms with E-state index in [1.54, 1.807) is 20.0 Å². The number of hydrogen-bond acceptors (Lipinski definition) is 5. The number of aryl methyl sites for hydroxylation is 1. The van der Waals surface area contributed by atoms with Crippen LogP contribution >= 0.6 is 0 Å². The smallest absolute Gasteiger partial charge is 0.391 e. The molecule has 82 valence electrons. The summed E-state index contributed by atoms with van der Waals surface area (Å²) in [6, 6.07) is -0.125. The number of nitrogens with two attached hydrogens (primary N) is 1. The first-order chi connectivity index (χ1) is 7.13. The third kappa shape index (κ3) is 3.51. The third-order valence-electron chi connectivity index (χ3n) is 1.75. The second-order valence-corrected chi connectivity index (χ2v) is 3.18. The third-order valence-corrected chi connectivity index (χ3v) is 1.75. The van der Waals surface area contributed by atoms with Gasteiger partial charge in [-0.1, -0.05) is 0 Å². The van der Waals surface area contributed by atoms with Gasteiger partial charge < -0.3 is 15.8 Å². The average molecular weight is 210 g/mol. The van der Waals surface area contributed by atoms with E-state index < -0.39 is 6.09 Å². The standard InChI is InChI=1S/C9H14N4O2/c1-6-4-11-5-12-8(6)15-9(14)13-7(2)3-10/h4-5,7H,3,10H2,1-2H3,(H,13,14). The number of nitrogens with zero attached hydrogens (tertiary/aromatic N) is 2. The summed E-state index contributed by atoms with van der Waals surface area (Å²) in [4.78, 5) is 18.9. The van der Waals surface area contributed by atoms with E-state index in [4.69, 9.17) is 10.5 Å². The number of carbonyl (C=O) groups is 1. The van der Waals surface area contributed by atoms with E-state index >= 15 is 0 Å². The maximum Gasteiger partial charge on any atom is 0.414 e. The van der Waals surface area contributed by atoms with Crippen LogP contribution in [-0.4, -0.2) is 28.6 Å². The van der Waals surface area contributed by atoms with Gasteiger partial charge in [-0.3, -0.25) is 0 Å². The number of carbonyl (C=O) groups excluding carboxylic acids is 1. The van der Waals surface area contributed by atoms with E-state index in [2.05, 4.69) is 15.3 Å². The van der Waals surface area contributed by atoms with Crippen molar-refractivity contribution in [3.05, 3.63) is 18.1 Å². The number of ether oxygens (including phenoxy) is 1. The molecule has 6 heteroatoms. The van der Waals surface area contributed by atoms with Crippen LogP contribution in [0.2, 0.25) is 0 Å². The highest BCUT2D eigenvalue weighted by Gasteiger charge is 2.10. The lowest BCUT2D eigenvalue weighted by atomic mass is 10.3. The monoisotopic (exact) mass is 210 g/mol. The zero-order valence-electron chi connectivity index (χ0n) is 8.73. The summed E-state index contributed by atoms with van der Waals surface area (Å²) >= 11 is 0. The van der Waals surface area contributed by atoms with Gasteiger partial charge in [-0.25, -0.2) is 14.8 Å². The van der Waals surface area contributed by atoms with Crippen LogP contribution in [0.3, 0.4) is 0 Å². The molecule has 15 heavy (non-hydrogen) atoms. The van der Waals surface area contributed by atoms with Crippen molar-refractivity contribution in [2.75, 3.05) is 6.54 Å². The van der Waals surface area contributed by atoms with Crippen LogP contribution in [0.4, 0.5) is 4.79 Å². The minimum atomic E-state index is -0.560. The molecule has 0 aliphatic heterocycles. The molecule has 1 heterocycles. The van der Waals surface area contributed by atoms with Gasteiger partial charge in [0.05, 0.1) is 0 Å². The Morgan fingerprint density at radius 1 is 1.73 bits per heavy atom. The quantitative estimate of drug-likeness (QED) is 0.744. The van der Waals surface area contributed by atoms with Gasteiger partial charge in [0, 0.05) is 24.3 Å². The van der Waals surface area contributed by atoms with E-state index in [0.717, 1.165) is 0 Å². The zero-order chi connectivity index (χ0) is 11.3. The number of amides is 1. The van der Waals surface area contributed by atoms with Crippen molar-refractivity contribution < 1.29 is 9.53 Å². The molecule has 1 aromatic rings. The van der Waals surface area contributed by atoms with E-state index in [9.17, 15) is 4.79 Å². The molecule has 1 atom stereocenters. The number of aromatic nitrogens is 2. The fraction of sp³-hybridized carbons (Fsp3) is 0.444. The maximum atomic E-state index is 11.3. The molecule has 1 rings (SSSR count). The summed E-state index contributed by atoms with van der Waals surface area (Å²) in [5.41, 5.74) is 6.05. The molecule has 3 N–H and O–H groups in total. The van der Waals surface area contributed by atoms with Gasteiger partial charge in [-0.05, 0) is 13.8 Å². The number of rotatable bonds is 3. The summed E-state index contributed by atoms with van der Waals surface area (Å²) in [7, 11) is 0. The van der Waals surface area contributed by atoms with Crippen LogP contribution in [0.15, 0.2) is 12.5 Å². The molecule has 1 aromatic heterocycles. The van der Waals surface area contributed by atoms with Crippen molar-refractivity contribution in [2.45, 2.75) is 19.9 Å². The normalized spacial score (nSPS) is 11.9. The first-order valence-electron chi connectivity index (χ1n) is 4.58. The highest BCUT2D eigenvalue weighted by molar-refractivity contribution is 5.70. The van der Waals surface area contributed by atoms with Crippen LogP contribution in [0, 0.1) is 6.92 Å². The second kappa shape index (κ2) is 5.26. The molecule has 0 spiro atoms. The first kappa shape index (κ1) is 11.4. The molecule has 1 unspecified atom stereocenters. The number of hydrogen-bond donors (Lipinski definition) is 2. The van der Waals surface area contributed by atoms with Crippen LogP contribution in [0.25, 0.3) is 0 Å². The van der Waals surface area contributed by atoms with Crippen LogP contribution in [0.1, 0.15) is 12.5 Å². The summed E-state index contributed by atoms with van der Waals surface area (Å²) < 4.78 is 4.96. The molecule has 0 aliphatic carbocycles. The Morgan fingerprint density at radius 2 is 2.47 bits per heavy atom. The summed E-state index contributed by atoms with van der Waals surface area (Å²) in [5.74, 6) is 0.256. The summed E-state index contributed by atoms with van der Waals surface area (Å²) in [6.45, 7) is 3.90. The van der Waals surface area contributed by atoms with Crippen molar-refractivity contribution in [1.29, 1.82) is 0 Å². The van der Waals surface area contributed by atoms with Gasteiger partial charge in [0.1, 0.15) is 6.33 Å². The predicted molar refractivity (Wildman–Crippen MR) is 54.4 cm³/mol. The molecule has 0 aliphatic rings. The highest BCUT2D eigenvalue weighted by Crippen LogP contribution is 2.10. The summed E-state index contributed by atoms with van der Waals surface area (Å²) in [6.07, 6.45) is 2.33. The summed E-state index contributed by atoms with van der Waals surface area (Å²) in [5, 5.41) is 2.56. The Hall–Kier alpha value is -1.69. The van der Waals surface area contributed by atoms with Crippen molar-refractivity contribution >= 4 is 6.09 Å². The predicted octanol–water partition coefficient (Wildman–Crippen LogP) is 0.221. The van der Waals surface area contributed by atoms with E-state index in [1.165, 1.54) is 6.33 Å². The lowest BCUT2D eigenvalue weighted by Gasteiger charge is -2.11. The van der Waals surface area contributed by atoms with Crippen LogP contribution < -0.4 is 15.8 Å². The van der Waals surface area contributed by atoms with E-state index in [0.29, 0.717) is 12.1 Å². The lowest BCUT2D eigenvalue weighted by molar-refractivity contribution is 0.195. The molecule has 0 bridgehead atoms. The minimum absolute atomic E-state index is 0.125. The average Bonchev–Trinajstić information content (AvgIpc) is 2.21. The molecule has 1 amide bonds. The molecule has 0 fully saturated rings. The highest BCUT2D eigenvalue weighted by atomic mass is 16.6. The fourth-order valence-corrected chi connectivity index (χ4v) is 0.872.